The maximum Gasteiger partial charge on any atom is 0.355 e. The molecule has 0 unspecified atom stereocenters. The van der Waals surface area contributed by atoms with Gasteiger partial charge in [-0.05, 0) is 34.1 Å². The monoisotopic (exact) mass is 331 g/mol. The number of methoxy groups -OCH3 is 1. The maximum atomic E-state index is 11.4. The number of carbonyl (C=O) groups is 1. The number of aromatic nitrogens is 1. The molecule has 0 spiro atoms. The van der Waals surface area contributed by atoms with Crippen molar-refractivity contribution in [3.63, 3.8) is 0 Å². The second-order valence-electron chi connectivity index (χ2n) is 3.00. The molecule has 0 fully saturated rings. The van der Waals surface area contributed by atoms with Gasteiger partial charge in [0.25, 0.3) is 0 Å². The zero-order chi connectivity index (χ0) is 11.0. The van der Waals surface area contributed by atoms with Crippen molar-refractivity contribution >= 4 is 48.7 Å². The van der Waals surface area contributed by atoms with Crippen molar-refractivity contribution in [2.45, 2.75) is 0 Å². The summed E-state index contributed by atoms with van der Waals surface area (Å²) in [7, 11) is 1.36. The highest BCUT2D eigenvalue weighted by atomic mass is 79.9. The number of fused-ring (bicyclic) bond motifs is 1. The van der Waals surface area contributed by atoms with Gasteiger partial charge in [-0.25, -0.2) is 4.79 Å². The number of nitrogens with one attached hydrogen (secondary N) is 1. The van der Waals surface area contributed by atoms with Crippen LogP contribution < -0.4 is 0 Å². The summed E-state index contributed by atoms with van der Waals surface area (Å²) in [5.74, 6) is -0.380. The Balaban J connectivity index is 2.69. The average Bonchev–Trinajstić information content (AvgIpc) is 2.55. The predicted octanol–water partition coefficient (Wildman–Crippen LogP) is 3.48. The van der Waals surface area contributed by atoms with E-state index in [1.54, 1.807) is 0 Å². The summed E-state index contributed by atoms with van der Waals surface area (Å²) >= 11 is 6.75. The van der Waals surface area contributed by atoms with Crippen LogP contribution in [0.15, 0.2) is 27.1 Å². The fraction of sp³-hybridized carbons (Fsp3) is 0.100. The van der Waals surface area contributed by atoms with Gasteiger partial charge in [0, 0.05) is 15.4 Å². The SMILES string of the molecule is COC(=O)c1[nH]c2ccc(Br)cc2c1Br. The van der Waals surface area contributed by atoms with Gasteiger partial charge in [-0.1, -0.05) is 15.9 Å². The first kappa shape index (κ1) is 10.7. The molecule has 0 amide bonds. The molecule has 0 bridgehead atoms. The Hall–Kier alpha value is -0.810. The Labute approximate surface area is 103 Å². The number of aromatic amines is 1. The molecule has 0 aliphatic heterocycles. The number of halogens is 2. The van der Waals surface area contributed by atoms with E-state index in [-0.39, 0.29) is 5.97 Å². The molecule has 15 heavy (non-hydrogen) atoms. The summed E-state index contributed by atoms with van der Waals surface area (Å²) in [6, 6.07) is 5.74. The number of rotatable bonds is 1. The third-order valence-electron chi connectivity index (χ3n) is 2.09. The molecule has 0 aliphatic rings. The molecule has 1 aromatic heterocycles. The van der Waals surface area contributed by atoms with E-state index in [1.165, 1.54) is 7.11 Å². The van der Waals surface area contributed by atoms with E-state index in [9.17, 15) is 4.79 Å². The van der Waals surface area contributed by atoms with Crippen molar-refractivity contribution < 1.29 is 9.53 Å². The van der Waals surface area contributed by atoms with E-state index >= 15 is 0 Å². The summed E-state index contributed by atoms with van der Waals surface area (Å²) < 4.78 is 6.36. The molecule has 1 N–H and O–H groups in total. The van der Waals surface area contributed by atoms with Gasteiger partial charge in [0.2, 0.25) is 0 Å². The van der Waals surface area contributed by atoms with Gasteiger partial charge >= 0.3 is 5.97 Å². The van der Waals surface area contributed by atoms with Crippen molar-refractivity contribution in [3.8, 4) is 0 Å². The first-order valence-corrected chi connectivity index (χ1v) is 5.77. The second-order valence-corrected chi connectivity index (χ2v) is 4.70. The van der Waals surface area contributed by atoms with Crippen LogP contribution in [0.1, 0.15) is 10.5 Å². The largest absolute Gasteiger partial charge is 0.464 e. The molecule has 78 valence electrons. The van der Waals surface area contributed by atoms with Crippen LogP contribution in [0.2, 0.25) is 0 Å². The maximum absolute atomic E-state index is 11.4. The summed E-state index contributed by atoms with van der Waals surface area (Å²) in [4.78, 5) is 14.4. The number of H-pyrrole nitrogens is 1. The van der Waals surface area contributed by atoms with E-state index in [4.69, 9.17) is 0 Å². The fourth-order valence-electron chi connectivity index (χ4n) is 1.37. The van der Waals surface area contributed by atoms with Crippen LogP contribution in [0.4, 0.5) is 0 Å². The Morgan fingerprint density at radius 1 is 1.40 bits per heavy atom. The summed E-state index contributed by atoms with van der Waals surface area (Å²) in [6.45, 7) is 0. The molecule has 0 saturated heterocycles. The quantitative estimate of drug-likeness (QED) is 0.812. The van der Waals surface area contributed by atoms with Crippen molar-refractivity contribution in [2.75, 3.05) is 7.11 Å². The first-order valence-electron chi connectivity index (χ1n) is 4.18. The molecule has 2 rings (SSSR count). The molecule has 5 heteroatoms. The van der Waals surface area contributed by atoms with Crippen molar-refractivity contribution in [1.82, 2.24) is 4.98 Å². The van der Waals surface area contributed by atoms with Gasteiger partial charge in [-0.15, -0.1) is 0 Å². The summed E-state index contributed by atoms with van der Waals surface area (Å²) in [6.07, 6.45) is 0. The highest BCUT2D eigenvalue weighted by molar-refractivity contribution is 9.11. The number of benzene rings is 1. The zero-order valence-corrected chi connectivity index (χ0v) is 11.0. The normalized spacial score (nSPS) is 10.6. The van der Waals surface area contributed by atoms with Crippen molar-refractivity contribution in [2.24, 2.45) is 0 Å². The number of carbonyl (C=O) groups excluding carboxylic acids is 1. The van der Waals surface area contributed by atoms with E-state index in [0.29, 0.717) is 5.69 Å². The first-order chi connectivity index (χ1) is 7.13. The van der Waals surface area contributed by atoms with Crippen LogP contribution in [-0.2, 0) is 4.74 Å². The Kier molecular flexibility index (Phi) is 2.84. The van der Waals surface area contributed by atoms with E-state index in [0.717, 1.165) is 19.8 Å². The molecular weight excluding hydrogens is 326 g/mol. The Morgan fingerprint density at radius 2 is 2.13 bits per heavy atom. The van der Waals surface area contributed by atoms with Crippen molar-refractivity contribution in [3.05, 3.63) is 32.8 Å². The molecule has 1 heterocycles. The zero-order valence-electron chi connectivity index (χ0n) is 7.80. The lowest BCUT2D eigenvalue weighted by Gasteiger charge is -1.94. The number of esters is 1. The van der Waals surface area contributed by atoms with Gasteiger partial charge in [0.15, 0.2) is 0 Å². The lowest BCUT2D eigenvalue weighted by atomic mass is 10.2. The minimum absolute atomic E-state index is 0.380. The molecule has 0 aliphatic carbocycles. The summed E-state index contributed by atoms with van der Waals surface area (Å²) in [5.41, 5.74) is 1.33. The molecule has 0 atom stereocenters. The number of hydrogen-bond acceptors (Lipinski definition) is 2. The molecular formula is C10H7Br2NO2. The van der Waals surface area contributed by atoms with Crippen molar-refractivity contribution in [1.29, 1.82) is 0 Å². The molecule has 1 aromatic carbocycles. The summed E-state index contributed by atoms with van der Waals surface area (Å²) in [5, 5.41) is 0.949. The second kappa shape index (κ2) is 3.98. The van der Waals surface area contributed by atoms with Gasteiger partial charge in [-0.3, -0.25) is 0 Å². The molecule has 3 nitrogen and oxygen atoms in total. The van der Waals surface area contributed by atoms with E-state index < -0.39 is 0 Å². The average molecular weight is 333 g/mol. The topological polar surface area (TPSA) is 42.1 Å². The molecule has 0 saturated carbocycles. The third kappa shape index (κ3) is 1.81. The molecule has 0 radical (unpaired) electrons. The highest BCUT2D eigenvalue weighted by Gasteiger charge is 2.16. The smallest absolute Gasteiger partial charge is 0.355 e. The minimum Gasteiger partial charge on any atom is -0.464 e. The van der Waals surface area contributed by atoms with Gasteiger partial charge < -0.3 is 9.72 Å². The lowest BCUT2D eigenvalue weighted by molar-refractivity contribution is 0.0594. The minimum atomic E-state index is -0.380. The lowest BCUT2D eigenvalue weighted by Crippen LogP contribution is -2.01. The Bertz CT molecular complexity index is 533. The fourth-order valence-corrected chi connectivity index (χ4v) is 2.32. The third-order valence-corrected chi connectivity index (χ3v) is 3.40. The van der Waals surface area contributed by atoms with E-state index in [1.807, 2.05) is 18.2 Å². The Morgan fingerprint density at radius 3 is 2.80 bits per heavy atom. The van der Waals surface area contributed by atoms with Gasteiger partial charge in [0.1, 0.15) is 5.69 Å². The number of hydrogen-bond donors (Lipinski definition) is 1. The standard InChI is InChI=1S/C10H7Br2NO2/c1-15-10(14)9-8(12)6-4-5(11)2-3-7(6)13-9/h2-4,13H,1H3. The van der Waals surface area contributed by atoms with Crippen LogP contribution in [0.25, 0.3) is 10.9 Å². The van der Waals surface area contributed by atoms with E-state index in [2.05, 4.69) is 41.6 Å². The van der Waals surface area contributed by atoms with Crippen LogP contribution in [-0.4, -0.2) is 18.1 Å². The number of ether oxygens (including phenoxy) is 1. The van der Waals surface area contributed by atoms with Crippen LogP contribution in [0, 0.1) is 0 Å². The van der Waals surface area contributed by atoms with Crippen LogP contribution >= 0.6 is 31.9 Å². The predicted molar refractivity (Wildman–Crippen MR) is 65.0 cm³/mol. The van der Waals surface area contributed by atoms with Gasteiger partial charge in [-0.2, -0.15) is 0 Å². The van der Waals surface area contributed by atoms with Crippen LogP contribution in [0.3, 0.4) is 0 Å². The van der Waals surface area contributed by atoms with Crippen LogP contribution in [0.5, 0.6) is 0 Å². The highest BCUT2D eigenvalue weighted by Crippen LogP contribution is 2.30. The van der Waals surface area contributed by atoms with Gasteiger partial charge in [0.05, 0.1) is 11.6 Å². The molecule has 2 aromatic rings.